The highest BCUT2D eigenvalue weighted by Crippen LogP contribution is 2.30. The van der Waals surface area contributed by atoms with Crippen molar-refractivity contribution in [2.24, 2.45) is 0 Å². The Bertz CT molecular complexity index is 1140. The number of amides is 3. The Morgan fingerprint density at radius 3 is 2.43 bits per heavy atom. The first-order valence-corrected chi connectivity index (χ1v) is 9.01. The van der Waals surface area contributed by atoms with E-state index in [4.69, 9.17) is 0 Å². The van der Waals surface area contributed by atoms with Crippen molar-refractivity contribution in [1.82, 2.24) is 9.88 Å². The van der Waals surface area contributed by atoms with Gasteiger partial charge in [0.15, 0.2) is 5.13 Å². The lowest BCUT2D eigenvalue weighted by Crippen LogP contribution is -2.45. The number of nitro benzene ring substituents is 1. The second kappa shape index (κ2) is 6.50. The molecule has 2 heterocycles. The van der Waals surface area contributed by atoms with Gasteiger partial charge in [-0.25, -0.2) is 4.98 Å². The van der Waals surface area contributed by atoms with Crippen LogP contribution in [0.4, 0.5) is 10.8 Å². The summed E-state index contributed by atoms with van der Waals surface area (Å²) < 4.78 is 0.540. The number of nitro groups is 1. The highest BCUT2D eigenvalue weighted by atomic mass is 32.1. The molecular formula is C18H12N4O5S. The molecule has 1 aliphatic heterocycles. The maximum atomic E-state index is 12.6. The summed E-state index contributed by atoms with van der Waals surface area (Å²) in [6.45, 7) is 1.45. The molecule has 1 aliphatic rings. The van der Waals surface area contributed by atoms with Crippen LogP contribution in [0.1, 0.15) is 27.6 Å². The molecule has 0 radical (unpaired) electrons. The van der Waals surface area contributed by atoms with Gasteiger partial charge < -0.3 is 5.32 Å². The van der Waals surface area contributed by atoms with Crippen molar-refractivity contribution in [3.63, 3.8) is 0 Å². The minimum Gasteiger partial charge on any atom is -0.300 e. The van der Waals surface area contributed by atoms with Crippen LogP contribution in [0.5, 0.6) is 0 Å². The summed E-state index contributed by atoms with van der Waals surface area (Å²) in [7, 11) is 0. The number of imide groups is 1. The normalized spacial score (nSPS) is 14.2. The third-order valence-electron chi connectivity index (χ3n) is 4.41. The van der Waals surface area contributed by atoms with Crippen LogP contribution in [-0.4, -0.2) is 38.6 Å². The lowest BCUT2D eigenvalue weighted by Gasteiger charge is -2.21. The molecule has 0 spiro atoms. The van der Waals surface area contributed by atoms with E-state index in [-0.39, 0.29) is 21.9 Å². The summed E-state index contributed by atoms with van der Waals surface area (Å²) >= 11 is 1.07. The summed E-state index contributed by atoms with van der Waals surface area (Å²) in [5.74, 6) is -1.63. The molecule has 0 fully saturated rings. The number of hydrogen-bond donors (Lipinski definition) is 1. The maximum absolute atomic E-state index is 12.6. The van der Waals surface area contributed by atoms with Gasteiger partial charge in [-0.15, -0.1) is 0 Å². The number of rotatable bonds is 4. The van der Waals surface area contributed by atoms with E-state index in [1.807, 2.05) is 0 Å². The predicted octanol–water partition coefficient (Wildman–Crippen LogP) is 2.83. The molecule has 1 unspecified atom stereocenters. The summed E-state index contributed by atoms with van der Waals surface area (Å²) in [6, 6.07) is 9.53. The van der Waals surface area contributed by atoms with Gasteiger partial charge in [-0.05, 0) is 25.1 Å². The molecular weight excluding hydrogens is 384 g/mol. The number of aromatic nitrogens is 1. The van der Waals surface area contributed by atoms with E-state index in [0.29, 0.717) is 10.2 Å². The first-order chi connectivity index (χ1) is 13.4. The maximum Gasteiger partial charge on any atom is 0.270 e. The number of nitrogens with zero attached hydrogens (tertiary/aromatic N) is 3. The van der Waals surface area contributed by atoms with Crippen LogP contribution in [0.3, 0.4) is 0 Å². The topological polar surface area (TPSA) is 123 Å². The smallest absolute Gasteiger partial charge is 0.270 e. The number of anilines is 1. The van der Waals surface area contributed by atoms with Crippen LogP contribution in [-0.2, 0) is 4.79 Å². The fourth-order valence-electron chi connectivity index (χ4n) is 2.97. The lowest BCUT2D eigenvalue weighted by atomic mass is 10.1. The molecule has 2 aromatic carbocycles. The van der Waals surface area contributed by atoms with Crippen LogP contribution in [0, 0.1) is 10.1 Å². The van der Waals surface area contributed by atoms with Crippen molar-refractivity contribution in [3.8, 4) is 0 Å². The lowest BCUT2D eigenvalue weighted by molar-refractivity contribution is -0.384. The molecule has 0 aliphatic carbocycles. The van der Waals surface area contributed by atoms with Gasteiger partial charge in [-0.1, -0.05) is 23.5 Å². The van der Waals surface area contributed by atoms with Crippen molar-refractivity contribution in [1.29, 1.82) is 0 Å². The number of thiazole rings is 1. The highest BCUT2D eigenvalue weighted by Gasteiger charge is 2.40. The third-order valence-corrected chi connectivity index (χ3v) is 5.34. The SMILES string of the molecule is CC(C(=O)Nc1nc2ccc([N+](=O)[O-])cc2s1)N1C(=O)c2ccccc2C1=O. The molecule has 28 heavy (non-hydrogen) atoms. The predicted molar refractivity (Wildman–Crippen MR) is 101 cm³/mol. The second-order valence-electron chi connectivity index (χ2n) is 6.12. The van der Waals surface area contributed by atoms with Gasteiger partial charge in [0.05, 0.1) is 26.3 Å². The first-order valence-electron chi connectivity index (χ1n) is 8.19. The van der Waals surface area contributed by atoms with E-state index >= 15 is 0 Å². The second-order valence-corrected chi connectivity index (χ2v) is 7.15. The number of fused-ring (bicyclic) bond motifs is 2. The fraction of sp³-hybridized carbons (Fsp3) is 0.111. The molecule has 3 amide bonds. The van der Waals surface area contributed by atoms with Gasteiger partial charge in [0.25, 0.3) is 17.5 Å². The molecule has 0 saturated carbocycles. The molecule has 9 nitrogen and oxygen atoms in total. The quantitative estimate of drug-likeness (QED) is 0.411. The largest absolute Gasteiger partial charge is 0.300 e. The summed E-state index contributed by atoms with van der Waals surface area (Å²) in [4.78, 5) is 53.1. The van der Waals surface area contributed by atoms with Crippen LogP contribution in [0.2, 0.25) is 0 Å². The van der Waals surface area contributed by atoms with E-state index in [1.165, 1.54) is 25.1 Å². The van der Waals surface area contributed by atoms with Gasteiger partial charge in [-0.2, -0.15) is 0 Å². The van der Waals surface area contributed by atoms with Crippen LogP contribution >= 0.6 is 11.3 Å². The fourth-order valence-corrected chi connectivity index (χ4v) is 3.87. The number of carbonyl (C=O) groups is 3. The number of carbonyl (C=O) groups excluding carboxylic acids is 3. The Hall–Kier alpha value is -3.66. The molecule has 10 heteroatoms. The van der Waals surface area contributed by atoms with E-state index in [1.54, 1.807) is 24.3 Å². The number of hydrogen-bond acceptors (Lipinski definition) is 7. The monoisotopic (exact) mass is 396 g/mol. The van der Waals surface area contributed by atoms with Crippen molar-refractivity contribution < 1.29 is 19.3 Å². The molecule has 0 saturated heterocycles. The van der Waals surface area contributed by atoms with Gasteiger partial charge in [-0.3, -0.25) is 29.4 Å². The Balaban J connectivity index is 1.55. The van der Waals surface area contributed by atoms with E-state index in [2.05, 4.69) is 10.3 Å². The zero-order chi connectivity index (χ0) is 20.0. The first kappa shape index (κ1) is 17.7. The van der Waals surface area contributed by atoms with E-state index in [9.17, 15) is 24.5 Å². The van der Waals surface area contributed by atoms with Crippen molar-refractivity contribution in [2.75, 3.05) is 5.32 Å². The Labute approximate surface area is 161 Å². The van der Waals surface area contributed by atoms with E-state index < -0.39 is 28.7 Å². The average Bonchev–Trinajstić information content (AvgIpc) is 3.19. The van der Waals surface area contributed by atoms with Crippen LogP contribution < -0.4 is 5.32 Å². The molecule has 3 aromatic rings. The van der Waals surface area contributed by atoms with Gasteiger partial charge in [0, 0.05) is 12.1 Å². The Morgan fingerprint density at radius 2 is 1.82 bits per heavy atom. The van der Waals surface area contributed by atoms with Crippen molar-refractivity contribution in [2.45, 2.75) is 13.0 Å². The molecule has 4 rings (SSSR count). The molecule has 1 N–H and O–H groups in total. The standard InChI is InChI=1S/C18H12N4O5S/c1-9(21-16(24)11-4-2-3-5-12(11)17(21)25)15(23)20-18-19-13-7-6-10(22(26)27)8-14(13)28-18/h2-9H,1H3,(H,19,20,23). The molecule has 140 valence electrons. The zero-order valence-corrected chi connectivity index (χ0v) is 15.2. The zero-order valence-electron chi connectivity index (χ0n) is 14.4. The van der Waals surface area contributed by atoms with E-state index in [0.717, 1.165) is 16.2 Å². The van der Waals surface area contributed by atoms with Gasteiger partial charge in [0.1, 0.15) is 6.04 Å². The van der Waals surface area contributed by atoms with Crippen LogP contribution in [0.15, 0.2) is 42.5 Å². The van der Waals surface area contributed by atoms with Crippen molar-refractivity contribution in [3.05, 3.63) is 63.7 Å². The number of benzene rings is 2. The van der Waals surface area contributed by atoms with Crippen LogP contribution in [0.25, 0.3) is 10.2 Å². The Morgan fingerprint density at radius 1 is 1.18 bits per heavy atom. The molecule has 1 aromatic heterocycles. The number of non-ortho nitro benzene ring substituents is 1. The summed E-state index contributed by atoms with van der Waals surface area (Å²) in [6.07, 6.45) is 0. The Kier molecular flexibility index (Phi) is 4.12. The molecule has 1 atom stereocenters. The molecule has 0 bridgehead atoms. The minimum atomic E-state index is -1.05. The summed E-state index contributed by atoms with van der Waals surface area (Å²) in [5, 5.41) is 13.7. The van der Waals surface area contributed by atoms with Crippen molar-refractivity contribution >= 4 is 50.1 Å². The third kappa shape index (κ3) is 2.79. The average molecular weight is 396 g/mol. The van der Waals surface area contributed by atoms with Gasteiger partial charge in [0.2, 0.25) is 5.91 Å². The number of nitrogens with one attached hydrogen (secondary N) is 1. The summed E-state index contributed by atoms with van der Waals surface area (Å²) in [5.41, 5.74) is 0.951. The highest BCUT2D eigenvalue weighted by molar-refractivity contribution is 7.22. The van der Waals surface area contributed by atoms with Gasteiger partial charge >= 0.3 is 0 Å². The minimum absolute atomic E-state index is 0.0755.